The molecule has 0 saturated heterocycles. The summed E-state index contributed by atoms with van der Waals surface area (Å²) in [6.45, 7) is 1.11. The van der Waals surface area contributed by atoms with Gasteiger partial charge in [-0.05, 0) is 6.42 Å². The molecule has 0 saturated carbocycles. The first-order chi connectivity index (χ1) is 4.70. The van der Waals surface area contributed by atoms with Crippen molar-refractivity contribution >= 4 is 22.0 Å². The molecule has 0 bridgehead atoms. The van der Waals surface area contributed by atoms with E-state index in [-0.39, 0.29) is 0 Å². The Labute approximate surface area is 67.5 Å². The third-order valence-corrected chi connectivity index (χ3v) is 1.95. The van der Waals surface area contributed by atoms with Crippen LogP contribution in [0, 0.1) is 0 Å². The van der Waals surface area contributed by atoms with Crippen LogP contribution in [0.25, 0.3) is 0 Å². The summed E-state index contributed by atoms with van der Waals surface area (Å²) < 4.78 is 0.959. The zero-order valence-electron chi connectivity index (χ0n) is 5.38. The highest BCUT2D eigenvalue weighted by molar-refractivity contribution is 9.11. The van der Waals surface area contributed by atoms with E-state index in [1.165, 1.54) is 4.90 Å². The van der Waals surface area contributed by atoms with Gasteiger partial charge in [0.15, 0.2) is 0 Å². The van der Waals surface area contributed by atoms with Gasteiger partial charge in [-0.3, -0.25) is 0 Å². The Morgan fingerprint density at radius 1 is 1.80 bits per heavy atom. The Kier molecular flexibility index (Phi) is 2.32. The van der Waals surface area contributed by atoms with Crippen molar-refractivity contribution in [2.45, 2.75) is 6.42 Å². The molecule has 0 spiro atoms. The Bertz CT molecular complexity index is 179. The first-order valence-electron chi connectivity index (χ1n) is 3.02. The zero-order chi connectivity index (χ0) is 7.56. The molecule has 1 amide bonds. The third kappa shape index (κ3) is 1.73. The monoisotopic (exact) mass is 205 g/mol. The van der Waals surface area contributed by atoms with Gasteiger partial charge in [0, 0.05) is 11.0 Å². The molecular weight excluding hydrogens is 198 g/mol. The summed E-state index contributed by atoms with van der Waals surface area (Å²) >= 11 is 3.25. The molecule has 0 unspecified atom stereocenters. The van der Waals surface area contributed by atoms with E-state index >= 15 is 0 Å². The van der Waals surface area contributed by atoms with Gasteiger partial charge in [-0.1, -0.05) is 22.0 Å². The highest BCUT2D eigenvalue weighted by Crippen LogP contribution is 2.14. The minimum atomic E-state index is -0.843. The summed E-state index contributed by atoms with van der Waals surface area (Å²) in [5.41, 5.74) is 0. The first kappa shape index (κ1) is 7.60. The molecule has 0 aromatic carbocycles. The van der Waals surface area contributed by atoms with Crippen molar-refractivity contribution in [1.82, 2.24) is 4.90 Å². The van der Waals surface area contributed by atoms with Crippen LogP contribution < -0.4 is 0 Å². The van der Waals surface area contributed by atoms with E-state index in [2.05, 4.69) is 15.9 Å². The molecule has 1 N–H and O–H groups in total. The van der Waals surface area contributed by atoms with E-state index in [0.717, 1.165) is 10.9 Å². The van der Waals surface area contributed by atoms with Crippen molar-refractivity contribution in [3.05, 3.63) is 10.6 Å². The maximum absolute atomic E-state index is 10.4. The molecule has 56 valence electrons. The van der Waals surface area contributed by atoms with Gasteiger partial charge in [0.1, 0.15) is 0 Å². The summed E-state index contributed by atoms with van der Waals surface area (Å²) in [5, 5.41) is 8.53. The van der Waals surface area contributed by atoms with Gasteiger partial charge in [0.25, 0.3) is 0 Å². The number of amides is 1. The van der Waals surface area contributed by atoms with Crippen LogP contribution in [0.5, 0.6) is 0 Å². The SMILES string of the molecule is O=C(O)N1CCC=C(Br)C1. The Balaban J connectivity index is 2.53. The average molecular weight is 206 g/mol. The molecule has 0 atom stereocenters. The number of nitrogens with zero attached hydrogens (tertiary/aromatic N) is 1. The lowest BCUT2D eigenvalue weighted by atomic mass is 10.3. The van der Waals surface area contributed by atoms with Crippen LogP contribution in [0.4, 0.5) is 4.79 Å². The van der Waals surface area contributed by atoms with Crippen LogP contribution in [-0.2, 0) is 0 Å². The lowest BCUT2D eigenvalue weighted by Gasteiger charge is -2.21. The Morgan fingerprint density at radius 2 is 2.50 bits per heavy atom. The number of hydrogen-bond acceptors (Lipinski definition) is 1. The zero-order valence-corrected chi connectivity index (χ0v) is 6.97. The van der Waals surface area contributed by atoms with Gasteiger partial charge < -0.3 is 10.0 Å². The Hall–Kier alpha value is -0.510. The molecule has 0 aliphatic carbocycles. The standard InChI is InChI=1S/C6H8BrNO2/c7-5-2-1-3-8(4-5)6(9)10/h2H,1,3-4H2,(H,9,10). The minimum Gasteiger partial charge on any atom is -0.465 e. The maximum atomic E-state index is 10.4. The summed E-state index contributed by atoms with van der Waals surface area (Å²) in [6.07, 6.45) is 1.97. The largest absolute Gasteiger partial charge is 0.465 e. The molecule has 4 heteroatoms. The van der Waals surface area contributed by atoms with Crippen LogP contribution in [0.15, 0.2) is 10.6 Å². The van der Waals surface area contributed by atoms with Crippen molar-refractivity contribution in [1.29, 1.82) is 0 Å². The molecular formula is C6H8BrNO2. The van der Waals surface area contributed by atoms with Crippen LogP contribution in [-0.4, -0.2) is 29.2 Å². The molecule has 0 radical (unpaired) electrons. The highest BCUT2D eigenvalue weighted by Gasteiger charge is 2.14. The fraction of sp³-hybridized carbons (Fsp3) is 0.500. The predicted octanol–water partition coefficient (Wildman–Crippen LogP) is 1.65. The molecule has 0 fully saturated rings. The molecule has 3 nitrogen and oxygen atoms in total. The van der Waals surface area contributed by atoms with Gasteiger partial charge >= 0.3 is 6.09 Å². The number of rotatable bonds is 0. The van der Waals surface area contributed by atoms with E-state index in [9.17, 15) is 4.79 Å². The number of halogens is 1. The summed E-state index contributed by atoms with van der Waals surface area (Å²) in [6, 6.07) is 0. The van der Waals surface area contributed by atoms with E-state index in [4.69, 9.17) is 5.11 Å². The summed E-state index contributed by atoms with van der Waals surface area (Å²) in [5.74, 6) is 0. The predicted molar refractivity (Wildman–Crippen MR) is 41.2 cm³/mol. The number of hydrogen-bond donors (Lipinski definition) is 1. The lowest BCUT2D eigenvalue weighted by molar-refractivity contribution is 0.149. The average Bonchev–Trinajstić information content (AvgIpc) is 1.88. The minimum absolute atomic E-state index is 0.495. The van der Waals surface area contributed by atoms with Gasteiger partial charge in [0.05, 0.1) is 6.54 Å². The van der Waals surface area contributed by atoms with Crippen molar-refractivity contribution < 1.29 is 9.90 Å². The quantitative estimate of drug-likeness (QED) is 0.654. The van der Waals surface area contributed by atoms with Crippen LogP contribution >= 0.6 is 15.9 Å². The fourth-order valence-electron chi connectivity index (χ4n) is 0.866. The molecule has 1 aliphatic heterocycles. The van der Waals surface area contributed by atoms with E-state index in [0.29, 0.717) is 13.1 Å². The van der Waals surface area contributed by atoms with Gasteiger partial charge in [0.2, 0.25) is 0 Å². The smallest absolute Gasteiger partial charge is 0.407 e. The summed E-state index contributed by atoms with van der Waals surface area (Å²) in [7, 11) is 0. The van der Waals surface area contributed by atoms with Crippen molar-refractivity contribution in [2.24, 2.45) is 0 Å². The van der Waals surface area contributed by atoms with Crippen molar-refractivity contribution in [2.75, 3.05) is 13.1 Å². The van der Waals surface area contributed by atoms with Gasteiger partial charge in [-0.25, -0.2) is 4.79 Å². The molecule has 10 heavy (non-hydrogen) atoms. The molecule has 1 rings (SSSR count). The topological polar surface area (TPSA) is 40.5 Å². The molecule has 1 aliphatic rings. The number of carbonyl (C=O) groups is 1. The number of carboxylic acid groups (broad SMARTS) is 1. The third-order valence-electron chi connectivity index (χ3n) is 1.38. The van der Waals surface area contributed by atoms with Crippen LogP contribution in [0.3, 0.4) is 0 Å². The highest BCUT2D eigenvalue weighted by atomic mass is 79.9. The van der Waals surface area contributed by atoms with Crippen LogP contribution in [0.1, 0.15) is 6.42 Å². The maximum Gasteiger partial charge on any atom is 0.407 e. The van der Waals surface area contributed by atoms with Gasteiger partial charge in [-0.15, -0.1) is 0 Å². The lowest BCUT2D eigenvalue weighted by Crippen LogP contribution is -2.33. The van der Waals surface area contributed by atoms with E-state index in [1.54, 1.807) is 0 Å². The Morgan fingerprint density at radius 3 is 2.90 bits per heavy atom. The normalized spacial score (nSPS) is 18.5. The van der Waals surface area contributed by atoms with Crippen LogP contribution in [0.2, 0.25) is 0 Å². The van der Waals surface area contributed by atoms with Crippen molar-refractivity contribution in [3.8, 4) is 0 Å². The molecule has 1 heterocycles. The molecule has 0 aromatic heterocycles. The van der Waals surface area contributed by atoms with E-state index < -0.39 is 6.09 Å². The fourth-order valence-corrected chi connectivity index (χ4v) is 1.40. The second kappa shape index (κ2) is 3.05. The second-order valence-corrected chi connectivity index (χ2v) is 3.16. The second-order valence-electron chi connectivity index (χ2n) is 2.14. The summed E-state index contributed by atoms with van der Waals surface area (Å²) in [4.78, 5) is 11.8. The molecule has 0 aromatic rings. The first-order valence-corrected chi connectivity index (χ1v) is 3.82. The van der Waals surface area contributed by atoms with Gasteiger partial charge in [-0.2, -0.15) is 0 Å². The van der Waals surface area contributed by atoms with E-state index in [1.807, 2.05) is 6.08 Å². The van der Waals surface area contributed by atoms with Crippen molar-refractivity contribution in [3.63, 3.8) is 0 Å².